The number of amides is 1. The Bertz CT molecular complexity index is 456. The number of rotatable bonds is 3. The van der Waals surface area contributed by atoms with E-state index in [0.29, 0.717) is 6.42 Å². The summed E-state index contributed by atoms with van der Waals surface area (Å²) in [4.78, 5) is 13.9. The molecule has 1 amide bonds. The highest BCUT2D eigenvalue weighted by atomic mass is 16.3. The number of phenols is 1. The molecule has 94 valence electrons. The van der Waals surface area contributed by atoms with E-state index in [4.69, 9.17) is 5.26 Å². The fraction of sp³-hybridized carbons (Fsp3) is 0.429. The second kappa shape index (κ2) is 5.54. The first kappa shape index (κ1) is 12.4. The topological polar surface area (TPSA) is 64.3 Å². The SMILES string of the molecule is N#CC(Cc1ccc(O)cc1)C(=O)N1CCCC1. The summed E-state index contributed by atoms with van der Waals surface area (Å²) < 4.78 is 0. The van der Waals surface area contributed by atoms with Gasteiger partial charge in [0.25, 0.3) is 0 Å². The Morgan fingerprint density at radius 2 is 1.94 bits per heavy atom. The molecule has 0 bridgehead atoms. The van der Waals surface area contributed by atoms with E-state index in [2.05, 4.69) is 6.07 Å². The molecule has 0 radical (unpaired) electrons. The molecule has 1 N–H and O–H groups in total. The van der Waals surface area contributed by atoms with Crippen molar-refractivity contribution < 1.29 is 9.90 Å². The van der Waals surface area contributed by atoms with Crippen molar-refractivity contribution in [2.75, 3.05) is 13.1 Å². The van der Waals surface area contributed by atoms with Crippen molar-refractivity contribution >= 4 is 5.91 Å². The molecule has 0 spiro atoms. The maximum atomic E-state index is 12.1. The van der Waals surface area contributed by atoms with Gasteiger partial charge in [0.1, 0.15) is 11.7 Å². The van der Waals surface area contributed by atoms with Crippen LogP contribution in [0.4, 0.5) is 0 Å². The molecule has 1 aromatic carbocycles. The van der Waals surface area contributed by atoms with Gasteiger partial charge in [-0.2, -0.15) is 5.26 Å². The summed E-state index contributed by atoms with van der Waals surface area (Å²) in [5.41, 5.74) is 0.895. The highest BCUT2D eigenvalue weighted by Gasteiger charge is 2.26. The third kappa shape index (κ3) is 2.80. The van der Waals surface area contributed by atoms with Crippen LogP contribution < -0.4 is 0 Å². The average molecular weight is 244 g/mol. The standard InChI is InChI=1S/C14H16N2O2/c15-10-12(14(18)16-7-1-2-8-16)9-11-3-5-13(17)6-4-11/h3-6,12,17H,1-2,7-9H2. The Hall–Kier alpha value is -2.02. The van der Waals surface area contributed by atoms with Crippen molar-refractivity contribution in [3.8, 4) is 11.8 Å². The van der Waals surface area contributed by atoms with E-state index in [1.165, 1.54) is 0 Å². The van der Waals surface area contributed by atoms with Crippen molar-refractivity contribution in [3.63, 3.8) is 0 Å². The Morgan fingerprint density at radius 1 is 1.33 bits per heavy atom. The molecule has 1 aliphatic rings. The van der Waals surface area contributed by atoms with Crippen molar-refractivity contribution in [2.45, 2.75) is 19.3 Å². The molecule has 0 aromatic heterocycles. The normalized spacial score (nSPS) is 16.3. The average Bonchev–Trinajstić information content (AvgIpc) is 2.91. The summed E-state index contributed by atoms with van der Waals surface area (Å²) in [5.74, 6) is -0.492. The Balaban J connectivity index is 2.03. The summed E-state index contributed by atoms with van der Waals surface area (Å²) in [7, 11) is 0. The minimum absolute atomic E-state index is 0.0666. The zero-order chi connectivity index (χ0) is 13.0. The van der Waals surface area contributed by atoms with Gasteiger partial charge in [0.05, 0.1) is 6.07 Å². The van der Waals surface area contributed by atoms with Gasteiger partial charge in [0.2, 0.25) is 5.91 Å². The van der Waals surface area contributed by atoms with Crippen LogP contribution in [0.5, 0.6) is 5.75 Å². The number of hydrogen-bond acceptors (Lipinski definition) is 3. The first-order chi connectivity index (χ1) is 8.70. The quantitative estimate of drug-likeness (QED) is 0.880. The van der Waals surface area contributed by atoms with Crippen LogP contribution in [-0.2, 0) is 11.2 Å². The Kier molecular flexibility index (Phi) is 3.83. The number of hydrogen-bond donors (Lipinski definition) is 1. The molecule has 0 saturated carbocycles. The van der Waals surface area contributed by atoms with Gasteiger partial charge in [-0.25, -0.2) is 0 Å². The lowest BCUT2D eigenvalue weighted by atomic mass is 9.99. The molecule has 1 saturated heterocycles. The number of likely N-dealkylation sites (tertiary alicyclic amines) is 1. The van der Waals surface area contributed by atoms with Gasteiger partial charge in [0, 0.05) is 13.1 Å². The first-order valence-corrected chi connectivity index (χ1v) is 6.17. The molecular weight excluding hydrogens is 228 g/mol. The number of nitrogens with zero attached hydrogens (tertiary/aromatic N) is 2. The predicted octanol–water partition coefficient (Wildman–Crippen LogP) is 1.70. The smallest absolute Gasteiger partial charge is 0.240 e. The van der Waals surface area contributed by atoms with E-state index in [9.17, 15) is 9.90 Å². The monoisotopic (exact) mass is 244 g/mol. The molecular formula is C14H16N2O2. The Morgan fingerprint density at radius 3 is 2.50 bits per heavy atom. The zero-order valence-corrected chi connectivity index (χ0v) is 10.2. The van der Waals surface area contributed by atoms with Crippen LogP contribution >= 0.6 is 0 Å². The third-order valence-electron chi connectivity index (χ3n) is 3.25. The molecule has 18 heavy (non-hydrogen) atoms. The summed E-state index contributed by atoms with van der Waals surface area (Å²) in [6.07, 6.45) is 2.47. The van der Waals surface area contributed by atoms with Crippen LogP contribution in [0.3, 0.4) is 0 Å². The van der Waals surface area contributed by atoms with Gasteiger partial charge in [-0.3, -0.25) is 4.79 Å². The van der Waals surface area contributed by atoms with Crippen LogP contribution in [0.15, 0.2) is 24.3 Å². The fourth-order valence-electron chi connectivity index (χ4n) is 2.21. The molecule has 4 heteroatoms. The van der Waals surface area contributed by atoms with Gasteiger partial charge >= 0.3 is 0 Å². The number of carbonyl (C=O) groups excluding carboxylic acids is 1. The molecule has 1 aromatic rings. The van der Waals surface area contributed by atoms with Crippen molar-refractivity contribution in [1.82, 2.24) is 4.90 Å². The number of benzene rings is 1. The Labute approximate surface area is 106 Å². The van der Waals surface area contributed by atoms with E-state index in [0.717, 1.165) is 31.5 Å². The number of phenolic OH excluding ortho intramolecular Hbond substituents is 1. The third-order valence-corrected chi connectivity index (χ3v) is 3.25. The van der Waals surface area contributed by atoms with Crippen LogP contribution in [-0.4, -0.2) is 29.0 Å². The minimum atomic E-state index is -0.618. The van der Waals surface area contributed by atoms with Crippen molar-refractivity contribution in [1.29, 1.82) is 5.26 Å². The summed E-state index contributed by atoms with van der Waals surface area (Å²) in [6.45, 7) is 1.54. The lowest BCUT2D eigenvalue weighted by Gasteiger charge is -2.18. The zero-order valence-electron chi connectivity index (χ0n) is 10.2. The van der Waals surface area contributed by atoms with Crippen LogP contribution in [0, 0.1) is 17.2 Å². The molecule has 1 fully saturated rings. The molecule has 2 rings (SSSR count). The van der Waals surface area contributed by atoms with Gasteiger partial charge in [-0.05, 0) is 37.0 Å². The van der Waals surface area contributed by atoms with E-state index in [1.54, 1.807) is 29.2 Å². The van der Waals surface area contributed by atoms with Gasteiger partial charge in [-0.15, -0.1) is 0 Å². The van der Waals surface area contributed by atoms with Gasteiger partial charge < -0.3 is 10.0 Å². The van der Waals surface area contributed by atoms with Crippen LogP contribution in [0.25, 0.3) is 0 Å². The summed E-state index contributed by atoms with van der Waals surface area (Å²) >= 11 is 0. The maximum absolute atomic E-state index is 12.1. The fourth-order valence-corrected chi connectivity index (χ4v) is 2.21. The summed E-state index contributed by atoms with van der Waals surface area (Å²) in [6, 6.07) is 8.73. The molecule has 1 unspecified atom stereocenters. The molecule has 0 aliphatic carbocycles. The predicted molar refractivity (Wildman–Crippen MR) is 66.7 cm³/mol. The lowest BCUT2D eigenvalue weighted by molar-refractivity contribution is -0.132. The first-order valence-electron chi connectivity index (χ1n) is 6.17. The minimum Gasteiger partial charge on any atom is -0.508 e. The largest absolute Gasteiger partial charge is 0.508 e. The molecule has 1 aliphatic heterocycles. The van der Waals surface area contributed by atoms with E-state index >= 15 is 0 Å². The van der Waals surface area contributed by atoms with Crippen molar-refractivity contribution in [2.24, 2.45) is 5.92 Å². The van der Waals surface area contributed by atoms with Gasteiger partial charge in [-0.1, -0.05) is 12.1 Å². The maximum Gasteiger partial charge on any atom is 0.240 e. The lowest BCUT2D eigenvalue weighted by Crippen LogP contribution is -2.34. The number of aromatic hydroxyl groups is 1. The second-order valence-electron chi connectivity index (χ2n) is 4.58. The van der Waals surface area contributed by atoms with Crippen LogP contribution in [0.1, 0.15) is 18.4 Å². The van der Waals surface area contributed by atoms with E-state index in [-0.39, 0.29) is 11.7 Å². The summed E-state index contributed by atoms with van der Waals surface area (Å²) in [5, 5.41) is 18.3. The second-order valence-corrected chi connectivity index (χ2v) is 4.58. The molecule has 1 atom stereocenters. The van der Waals surface area contributed by atoms with Crippen molar-refractivity contribution in [3.05, 3.63) is 29.8 Å². The highest BCUT2D eigenvalue weighted by Crippen LogP contribution is 2.17. The molecule has 1 heterocycles. The number of nitriles is 1. The van der Waals surface area contributed by atoms with Crippen LogP contribution in [0.2, 0.25) is 0 Å². The van der Waals surface area contributed by atoms with E-state index < -0.39 is 5.92 Å². The molecule has 4 nitrogen and oxygen atoms in total. The van der Waals surface area contributed by atoms with E-state index in [1.807, 2.05) is 0 Å². The number of carbonyl (C=O) groups is 1. The van der Waals surface area contributed by atoms with Gasteiger partial charge in [0.15, 0.2) is 0 Å². The highest BCUT2D eigenvalue weighted by molar-refractivity contribution is 5.81.